The lowest BCUT2D eigenvalue weighted by Gasteiger charge is -2.15. The molecule has 0 saturated carbocycles. The van der Waals surface area contributed by atoms with Gasteiger partial charge in [-0.15, -0.1) is 0 Å². The summed E-state index contributed by atoms with van der Waals surface area (Å²) < 4.78 is 10.5. The first-order valence-corrected chi connectivity index (χ1v) is 5.64. The molecule has 16 heavy (non-hydrogen) atoms. The third kappa shape index (κ3) is 3.51. The van der Waals surface area contributed by atoms with Crippen molar-refractivity contribution >= 4 is 0 Å². The maximum atomic E-state index is 5.97. The van der Waals surface area contributed by atoms with Gasteiger partial charge in [0.2, 0.25) is 0 Å². The molecule has 0 aromatic heterocycles. The summed E-state index contributed by atoms with van der Waals surface area (Å²) in [5.74, 6) is 0.910. The zero-order valence-corrected chi connectivity index (χ0v) is 10.3. The van der Waals surface area contributed by atoms with E-state index < -0.39 is 0 Å². The molecular weight excluding hydrogens is 202 g/mol. The molecule has 3 heteroatoms. The van der Waals surface area contributed by atoms with Crippen molar-refractivity contribution in [2.24, 2.45) is 5.73 Å². The second-order valence-electron chi connectivity index (χ2n) is 3.99. The fourth-order valence-electron chi connectivity index (χ4n) is 1.63. The van der Waals surface area contributed by atoms with Crippen molar-refractivity contribution in [1.29, 1.82) is 0 Å². The summed E-state index contributed by atoms with van der Waals surface area (Å²) in [5, 5.41) is 0. The molecule has 0 radical (unpaired) electrons. The molecule has 0 bridgehead atoms. The molecule has 0 amide bonds. The molecular formula is C13H21NO2. The number of para-hydroxylation sites is 1. The van der Waals surface area contributed by atoms with Crippen molar-refractivity contribution in [2.75, 3.05) is 13.9 Å². The number of methoxy groups -OCH3 is 1. The third-order valence-electron chi connectivity index (χ3n) is 2.62. The normalized spacial score (nSPS) is 12.5. The van der Waals surface area contributed by atoms with Gasteiger partial charge in [0.1, 0.15) is 5.75 Å². The van der Waals surface area contributed by atoms with Crippen LogP contribution in [0, 0.1) is 6.92 Å². The summed E-state index contributed by atoms with van der Waals surface area (Å²) >= 11 is 0. The second kappa shape index (κ2) is 6.51. The van der Waals surface area contributed by atoms with Gasteiger partial charge in [-0.2, -0.15) is 0 Å². The highest BCUT2D eigenvalue weighted by Gasteiger charge is 2.09. The van der Waals surface area contributed by atoms with E-state index in [-0.39, 0.29) is 12.8 Å². The van der Waals surface area contributed by atoms with E-state index in [1.807, 2.05) is 19.1 Å². The Morgan fingerprint density at radius 2 is 2.12 bits per heavy atom. The van der Waals surface area contributed by atoms with Gasteiger partial charge in [-0.1, -0.05) is 25.1 Å². The van der Waals surface area contributed by atoms with Gasteiger partial charge in [0.05, 0.1) is 0 Å². The molecule has 90 valence electrons. The van der Waals surface area contributed by atoms with Crippen LogP contribution in [0.15, 0.2) is 18.2 Å². The topological polar surface area (TPSA) is 44.5 Å². The Bertz CT molecular complexity index is 326. The van der Waals surface area contributed by atoms with Crippen molar-refractivity contribution < 1.29 is 9.47 Å². The van der Waals surface area contributed by atoms with Crippen LogP contribution in [0.5, 0.6) is 5.75 Å². The largest absolute Gasteiger partial charge is 0.467 e. The monoisotopic (exact) mass is 223 g/mol. The van der Waals surface area contributed by atoms with Crippen molar-refractivity contribution in [3.63, 3.8) is 0 Å². The van der Waals surface area contributed by atoms with Crippen LogP contribution in [0.4, 0.5) is 0 Å². The molecule has 0 spiro atoms. The van der Waals surface area contributed by atoms with Gasteiger partial charge in [0, 0.05) is 13.2 Å². The highest BCUT2D eigenvalue weighted by molar-refractivity contribution is 5.41. The Morgan fingerprint density at radius 1 is 1.38 bits per heavy atom. The van der Waals surface area contributed by atoms with Gasteiger partial charge < -0.3 is 15.2 Å². The number of benzene rings is 1. The minimum absolute atomic E-state index is 0.187. The van der Waals surface area contributed by atoms with E-state index in [4.69, 9.17) is 15.2 Å². The first-order valence-electron chi connectivity index (χ1n) is 5.64. The SMILES string of the molecule is CCC(N)Cc1cccc(C)c1OCOC. The Labute approximate surface area is 97.6 Å². The lowest BCUT2D eigenvalue weighted by molar-refractivity contribution is 0.0498. The molecule has 0 saturated heterocycles. The number of ether oxygens (including phenoxy) is 2. The van der Waals surface area contributed by atoms with E-state index >= 15 is 0 Å². The Hall–Kier alpha value is -1.06. The van der Waals surface area contributed by atoms with Crippen LogP contribution in [-0.2, 0) is 11.2 Å². The number of aryl methyl sites for hydroxylation is 1. The summed E-state index contributed by atoms with van der Waals surface area (Å²) in [6.07, 6.45) is 1.81. The van der Waals surface area contributed by atoms with Gasteiger partial charge in [-0.25, -0.2) is 0 Å². The van der Waals surface area contributed by atoms with E-state index in [0.29, 0.717) is 0 Å². The molecule has 0 aliphatic rings. The summed E-state index contributed by atoms with van der Waals surface area (Å²) in [6.45, 7) is 4.40. The summed E-state index contributed by atoms with van der Waals surface area (Å²) in [7, 11) is 1.62. The maximum Gasteiger partial charge on any atom is 0.188 e. The zero-order chi connectivity index (χ0) is 12.0. The average molecular weight is 223 g/mol. The smallest absolute Gasteiger partial charge is 0.188 e. The lowest BCUT2D eigenvalue weighted by Crippen LogP contribution is -2.22. The molecule has 1 rings (SSSR count). The first-order chi connectivity index (χ1) is 7.69. The molecule has 2 N–H and O–H groups in total. The number of rotatable bonds is 6. The van der Waals surface area contributed by atoms with Gasteiger partial charge in [0.15, 0.2) is 6.79 Å². The Kier molecular flexibility index (Phi) is 5.29. The van der Waals surface area contributed by atoms with Crippen LogP contribution in [-0.4, -0.2) is 19.9 Å². The van der Waals surface area contributed by atoms with Crippen LogP contribution in [0.25, 0.3) is 0 Å². The highest BCUT2D eigenvalue weighted by Crippen LogP contribution is 2.24. The highest BCUT2D eigenvalue weighted by atomic mass is 16.7. The molecule has 1 atom stereocenters. The van der Waals surface area contributed by atoms with E-state index in [1.165, 1.54) is 0 Å². The van der Waals surface area contributed by atoms with E-state index in [1.54, 1.807) is 7.11 Å². The molecule has 1 unspecified atom stereocenters. The quantitative estimate of drug-likeness (QED) is 0.752. The standard InChI is InChI=1S/C13H21NO2/c1-4-12(14)8-11-7-5-6-10(2)13(11)16-9-15-3/h5-7,12H,4,8-9,14H2,1-3H3. The molecule has 0 aliphatic carbocycles. The van der Waals surface area contributed by atoms with Crippen LogP contribution in [0.2, 0.25) is 0 Å². The average Bonchev–Trinajstić information content (AvgIpc) is 2.28. The molecule has 1 aromatic carbocycles. The van der Waals surface area contributed by atoms with Crippen LogP contribution in [0.3, 0.4) is 0 Å². The van der Waals surface area contributed by atoms with Gasteiger partial charge >= 0.3 is 0 Å². The number of nitrogens with two attached hydrogens (primary N) is 1. The van der Waals surface area contributed by atoms with Gasteiger partial charge in [0.25, 0.3) is 0 Å². The first kappa shape index (κ1) is 13.0. The summed E-state index contributed by atoms with van der Waals surface area (Å²) in [6, 6.07) is 6.32. The minimum atomic E-state index is 0.187. The second-order valence-corrected chi connectivity index (χ2v) is 3.99. The van der Waals surface area contributed by atoms with E-state index in [2.05, 4.69) is 13.0 Å². The number of hydrogen-bond donors (Lipinski definition) is 1. The predicted molar refractivity (Wildman–Crippen MR) is 65.7 cm³/mol. The van der Waals surface area contributed by atoms with Crippen molar-refractivity contribution in [2.45, 2.75) is 32.7 Å². The number of hydrogen-bond acceptors (Lipinski definition) is 3. The van der Waals surface area contributed by atoms with Gasteiger partial charge in [-0.3, -0.25) is 0 Å². The lowest BCUT2D eigenvalue weighted by atomic mass is 10.0. The van der Waals surface area contributed by atoms with E-state index in [0.717, 1.165) is 29.7 Å². The van der Waals surface area contributed by atoms with Crippen molar-refractivity contribution in [1.82, 2.24) is 0 Å². The van der Waals surface area contributed by atoms with Crippen molar-refractivity contribution in [3.05, 3.63) is 29.3 Å². The molecule has 0 fully saturated rings. The van der Waals surface area contributed by atoms with Crippen LogP contribution in [0.1, 0.15) is 24.5 Å². The molecule has 1 aromatic rings. The maximum absolute atomic E-state index is 5.97. The van der Waals surface area contributed by atoms with E-state index in [9.17, 15) is 0 Å². The van der Waals surface area contributed by atoms with Crippen molar-refractivity contribution in [3.8, 4) is 5.75 Å². The Balaban J connectivity index is 2.84. The third-order valence-corrected chi connectivity index (χ3v) is 2.62. The molecule has 0 aliphatic heterocycles. The van der Waals surface area contributed by atoms with Crippen LogP contribution >= 0.6 is 0 Å². The predicted octanol–water partition coefficient (Wildman–Crippen LogP) is 2.26. The zero-order valence-electron chi connectivity index (χ0n) is 10.3. The van der Waals surface area contributed by atoms with Gasteiger partial charge in [-0.05, 0) is 30.9 Å². The molecule has 3 nitrogen and oxygen atoms in total. The molecule has 0 heterocycles. The van der Waals surface area contributed by atoms with Crippen LogP contribution < -0.4 is 10.5 Å². The summed E-state index contributed by atoms with van der Waals surface area (Å²) in [5.41, 5.74) is 8.25. The fourth-order valence-corrected chi connectivity index (χ4v) is 1.63. The fraction of sp³-hybridized carbons (Fsp3) is 0.538. The Morgan fingerprint density at radius 3 is 2.75 bits per heavy atom. The summed E-state index contributed by atoms with van der Waals surface area (Å²) in [4.78, 5) is 0. The minimum Gasteiger partial charge on any atom is -0.467 e.